The van der Waals surface area contributed by atoms with Crippen LogP contribution in [0.2, 0.25) is 5.02 Å². The minimum atomic E-state index is -1.38. The van der Waals surface area contributed by atoms with Gasteiger partial charge in [-0.2, -0.15) is 0 Å². The first kappa shape index (κ1) is 12.9. The Hall–Kier alpha value is -1.52. The minimum Gasteiger partial charge on any atom is -0.384 e. The number of rotatable bonds is 2. The number of aliphatic hydroxyl groups excluding tert-OH is 1. The van der Waals surface area contributed by atoms with Gasteiger partial charge in [-0.3, -0.25) is 0 Å². The van der Waals surface area contributed by atoms with Crippen molar-refractivity contribution in [3.8, 4) is 0 Å². The Labute approximate surface area is 106 Å². The molecule has 0 saturated carbocycles. The van der Waals surface area contributed by atoms with E-state index in [0.29, 0.717) is 6.07 Å². The van der Waals surface area contributed by atoms with E-state index in [9.17, 15) is 18.3 Å². The highest BCUT2D eigenvalue weighted by molar-refractivity contribution is 6.30. The average molecular weight is 273 g/mol. The minimum absolute atomic E-state index is 0.0921. The van der Waals surface area contributed by atoms with E-state index in [-0.39, 0.29) is 16.1 Å². The Bertz CT molecular complexity index is 586. The Morgan fingerprint density at radius 2 is 1.67 bits per heavy atom. The molecule has 1 unspecified atom stereocenters. The third-order valence-electron chi connectivity index (χ3n) is 2.52. The molecule has 0 aliphatic rings. The normalized spacial score (nSPS) is 12.5. The highest BCUT2D eigenvalue weighted by atomic mass is 35.5. The van der Waals surface area contributed by atoms with Crippen LogP contribution < -0.4 is 0 Å². The molecular weight excluding hydrogens is 265 g/mol. The van der Waals surface area contributed by atoms with Crippen LogP contribution in [0.1, 0.15) is 17.2 Å². The summed E-state index contributed by atoms with van der Waals surface area (Å²) in [6.45, 7) is 0. The van der Waals surface area contributed by atoms with Gasteiger partial charge in [-0.15, -0.1) is 0 Å². The molecule has 0 heterocycles. The van der Waals surface area contributed by atoms with Gasteiger partial charge in [0.25, 0.3) is 0 Å². The molecule has 0 bridgehead atoms. The van der Waals surface area contributed by atoms with Crippen molar-refractivity contribution in [2.24, 2.45) is 0 Å². The number of hydrogen-bond acceptors (Lipinski definition) is 1. The molecule has 0 radical (unpaired) electrons. The highest BCUT2D eigenvalue weighted by Gasteiger charge is 2.16. The van der Waals surface area contributed by atoms with Gasteiger partial charge in [0, 0.05) is 11.6 Å². The first-order valence-electron chi connectivity index (χ1n) is 5.07. The van der Waals surface area contributed by atoms with E-state index in [1.807, 2.05) is 0 Å². The predicted molar refractivity (Wildman–Crippen MR) is 61.8 cm³/mol. The fourth-order valence-electron chi connectivity index (χ4n) is 1.59. The maximum atomic E-state index is 13.4. The Morgan fingerprint density at radius 3 is 2.28 bits per heavy atom. The van der Waals surface area contributed by atoms with Crippen LogP contribution >= 0.6 is 11.6 Å². The van der Waals surface area contributed by atoms with Crippen molar-refractivity contribution >= 4 is 11.6 Å². The Balaban J connectivity index is 2.41. The van der Waals surface area contributed by atoms with Crippen molar-refractivity contribution in [3.63, 3.8) is 0 Å². The monoisotopic (exact) mass is 272 g/mol. The topological polar surface area (TPSA) is 20.2 Å². The number of halogens is 4. The van der Waals surface area contributed by atoms with Gasteiger partial charge in [0.2, 0.25) is 0 Å². The molecule has 2 aromatic carbocycles. The predicted octanol–water partition coefficient (Wildman–Crippen LogP) is 3.84. The molecule has 0 aliphatic heterocycles. The lowest BCUT2D eigenvalue weighted by Crippen LogP contribution is -2.03. The summed E-state index contributed by atoms with van der Waals surface area (Å²) in [5, 5.41) is 9.81. The van der Waals surface area contributed by atoms with E-state index in [1.54, 1.807) is 0 Å². The summed E-state index contributed by atoms with van der Waals surface area (Å²) in [7, 11) is 0. The number of benzene rings is 2. The van der Waals surface area contributed by atoms with Crippen molar-refractivity contribution in [1.82, 2.24) is 0 Å². The van der Waals surface area contributed by atoms with Crippen molar-refractivity contribution < 1.29 is 18.3 Å². The van der Waals surface area contributed by atoms with Crippen LogP contribution in [0.4, 0.5) is 13.2 Å². The van der Waals surface area contributed by atoms with Crippen molar-refractivity contribution in [1.29, 1.82) is 0 Å². The largest absolute Gasteiger partial charge is 0.384 e. The summed E-state index contributed by atoms with van der Waals surface area (Å²) < 4.78 is 39.4. The molecule has 2 aromatic rings. The van der Waals surface area contributed by atoms with Gasteiger partial charge in [0.1, 0.15) is 23.6 Å². The second-order valence-corrected chi connectivity index (χ2v) is 4.15. The van der Waals surface area contributed by atoms with Crippen LogP contribution in [0.3, 0.4) is 0 Å². The molecule has 18 heavy (non-hydrogen) atoms. The maximum absolute atomic E-state index is 13.4. The molecule has 0 fully saturated rings. The van der Waals surface area contributed by atoms with Gasteiger partial charge in [0.05, 0.1) is 5.02 Å². The van der Waals surface area contributed by atoms with E-state index in [0.717, 1.165) is 18.2 Å². The molecule has 5 heteroatoms. The Kier molecular flexibility index (Phi) is 3.59. The van der Waals surface area contributed by atoms with Crippen LogP contribution in [0.25, 0.3) is 0 Å². The zero-order valence-electron chi connectivity index (χ0n) is 9.00. The zero-order chi connectivity index (χ0) is 13.3. The summed E-state index contributed by atoms with van der Waals surface area (Å²) in [5.41, 5.74) is 0.0144. The van der Waals surface area contributed by atoms with Crippen molar-refractivity contribution in [2.75, 3.05) is 0 Å². The van der Waals surface area contributed by atoms with Crippen LogP contribution in [-0.2, 0) is 0 Å². The van der Waals surface area contributed by atoms with E-state index >= 15 is 0 Å². The number of hydrogen-bond donors (Lipinski definition) is 1. The summed E-state index contributed by atoms with van der Waals surface area (Å²) in [4.78, 5) is 0. The van der Waals surface area contributed by atoms with Crippen LogP contribution in [0.5, 0.6) is 0 Å². The lowest BCUT2D eigenvalue weighted by molar-refractivity contribution is 0.214. The fourth-order valence-corrected chi connectivity index (χ4v) is 1.70. The Morgan fingerprint density at radius 1 is 0.944 bits per heavy atom. The zero-order valence-corrected chi connectivity index (χ0v) is 9.76. The third-order valence-corrected chi connectivity index (χ3v) is 2.82. The standard InChI is InChI=1S/C13H8ClF3O/c14-10-4-1-7(5-12(10)17)13(18)9-3-2-8(15)6-11(9)16/h1-6,13,18H. The maximum Gasteiger partial charge on any atom is 0.142 e. The van der Waals surface area contributed by atoms with Gasteiger partial charge in [-0.25, -0.2) is 13.2 Å². The molecule has 94 valence electrons. The molecule has 0 aliphatic carbocycles. The molecule has 0 aromatic heterocycles. The van der Waals surface area contributed by atoms with E-state index in [4.69, 9.17) is 11.6 Å². The number of aliphatic hydroxyl groups is 1. The average Bonchev–Trinajstić information content (AvgIpc) is 2.32. The second kappa shape index (κ2) is 5.00. The van der Waals surface area contributed by atoms with Crippen LogP contribution in [-0.4, -0.2) is 5.11 Å². The van der Waals surface area contributed by atoms with Crippen LogP contribution in [0, 0.1) is 17.5 Å². The quantitative estimate of drug-likeness (QED) is 0.881. The van der Waals surface area contributed by atoms with E-state index < -0.39 is 23.6 Å². The second-order valence-electron chi connectivity index (χ2n) is 3.74. The van der Waals surface area contributed by atoms with Crippen molar-refractivity contribution in [2.45, 2.75) is 6.10 Å². The third kappa shape index (κ3) is 2.49. The summed E-state index contributed by atoms with van der Waals surface area (Å²) >= 11 is 5.50. The molecule has 0 amide bonds. The SMILES string of the molecule is OC(c1ccc(Cl)c(F)c1)c1ccc(F)cc1F. The molecule has 0 saturated heterocycles. The van der Waals surface area contributed by atoms with Gasteiger partial charge >= 0.3 is 0 Å². The molecular formula is C13H8ClF3O. The molecule has 1 N–H and O–H groups in total. The van der Waals surface area contributed by atoms with Crippen LogP contribution in [0.15, 0.2) is 36.4 Å². The smallest absolute Gasteiger partial charge is 0.142 e. The molecule has 2 rings (SSSR count). The first-order valence-corrected chi connectivity index (χ1v) is 5.45. The lowest BCUT2D eigenvalue weighted by Gasteiger charge is -2.12. The summed E-state index contributed by atoms with van der Waals surface area (Å²) in [5.74, 6) is -2.35. The first-order chi connectivity index (χ1) is 8.49. The van der Waals surface area contributed by atoms with Gasteiger partial charge in [0.15, 0.2) is 0 Å². The van der Waals surface area contributed by atoms with Gasteiger partial charge in [-0.05, 0) is 23.8 Å². The summed E-state index contributed by atoms with van der Waals surface area (Å²) in [6, 6.07) is 6.44. The molecule has 1 nitrogen and oxygen atoms in total. The van der Waals surface area contributed by atoms with E-state index in [1.165, 1.54) is 12.1 Å². The van der Waals surface area contributed by atoms with E-state index in [2.05, 4.69) is 0 Å². The summed E-state index contributed by atoms with van der Waals surface area (Å²) in [6.07, 6.45) is -1.38. The lowest BCUT2D eigenvalue weighted by atomic mass is 10.0. The van der Waals surface area contributed by atoms with Gasteiger partial charge < -0.3 is 5.11 Å². The molecule has 1 atom stereocenters. The van der Waals surface area contributed by atoms with Crippen molar-refractivity contribution in [3.05, 3.63) is 70.0 Å². The molecule has 0 spiro atoms. The highest BCUT2D eigenvalue weighted by Crippen LogP contribution is 2.27. The van der Waals surface area contributed by atoms with Gasteiger partial charge in [-0.1, -0.05) is 23.7 Å². The fraction of sp³-hybridized carbons (Fsp3) is 0.0769.